The maximum Gasteiger partial charge on any atom is 0.323 e. The summed E-state index contributed by atoms with van der Waals surface area (Å²) in [6, 6.07) is 3.35. The highest BCUT2D eigenvalue weighted by molar-refractivity contribution is 7.89. The minimum absolute atomic E-state index is 0.000327. The predicted octanol–water partition coefficient (Wildman–Crippen LogP) is 0.582. The molecule has 2 atom stereocenters. The van der Waals surface area contributed by atoms with E-state index < -0.39 is 28.0 Å². The number of hydrogen-bond acceptors (Lipinski definition) is 5. The second kappa shape index (κ2) is 5.45. The van der Waals surface area contributed by atoms with Crippen molar-refractivity contribution in [2.24, 2.45) is 0 Å². The van der Waals surface area contributed by atoms with Gasteiger partial charge in [0.15, 0.2) is 0 Å². The van der Waals surface area contributed by atoms with Crippen LogP contribution in [0.25, 0.3) is 0 Å². The number of ether oxygens (including phenoxy) is 1. The van der Waals surface area contributed by atoms with E-state index in [-0.39, 0.29) is 10.8 Å². The van der Waals surface area contributed by atoms with Gasteiger partial charge < -0.3 is 10.1 Å². The number of sulfonamides is 1. The molecule has 1 heterocycles. The molecule has 1 aliphatic heterocycles. The molecule has 1 aromatic carbocycles. The summed E-state index contributed by atoms with van der Waals surface area (Å²) in [4.78, 5) is 22.9. The van der Waals surface area contributed by atoms with Gasteiger partial charge >= 0.3 is 5.97 Å². The predicted molar refractivity (Wildman–Crippen MR) is 75.3 cm³/mol. The van der Waals surface area contributed by atoms with Crippen LogP contribution in [-0.4, -0.2) is 33.4 Å². The molecular formula is C13H16N2O5S. The van der Waals surface area contributed by atoms with Crippen LogP contribution in [0.2, 0.25) is 0 Å². The molecule has 0 spiro atoms. The summed E-state index contributed by atoms with van der Waals surface area (Å²) in [6.45, 7) is 3.09. The number of benzene rings is 1. The lowest BCUT2D eigenvalue weighted by Crippen LogP contribution is -2.39. The molecule has 0 aliphatic carbocycles. The van der Waals surface area contributed by atoms with Crippen molar-refractivity contribution in [2.75, 3.05) is 12.4 Å². The Balaban J connectivity index is 2.31. The second-order valence-corrected chi connectivity index (χ2v) is 6.54. The number of nitrogens with one attached hydrogen (secondary N) is 2. The second-order valence-electron chi connectivity index (χ2n) is 4.83. The van der Waals surface area contributed by atoms with Crippen molar-refractivity contribution in [2.45, 2.75) is 30.7 Å². The van der Waals surface area contributed by atoms with Crippen LogP contribution in [0.5, 0.6) is 0 Å². The first-order valence-corrected chi connectivity index (χ1v) is 7.79. The van der Waals surface area contributed by atoms with E-state index in [1.165, 1.54) is 32.2 Å². The summed E-state index contributed by atoms with van der Waals surface area (Å²) in [7, 11) is -2.68. The summed E-state index contributed by atoms with van der Waals surface area (Å²) >= 11 is 0. The fourth-order valence-electron chi connectivity index (χ4n) is 2.09. The zero-order chi connectivity index (χ0) is 15.8. The number of methoxy groups -OCH3 is 1. The molecular weight excluding hydrogens is 296 g/mol. The average Bonchev–Trinajstić information content (AvgIpc) is 2.72. The number of hydrogen-bond donors (Lipinski definition) is 2. The Morgan fingerprint density at radius 3 is 2.71 bits per heavy atom. The molecule has 2 rings (SSSR count). The molecule has 21 heavy (non-hydrogen) atoms. The van der Waals surface area contributed by atoms with Crippen molar-refractivity contribution in [3.05, 3.63) is 23.8 Å². The van der Waals surface area contributed by atoms with Crippen LogP contribution >= 0.6 is 0 Å². The Hall–Kier alpha value is -1.93. The molecule has 2 N–H and O–H groups in total. The normalized spacial score (nSPS) is 18.8. The fraction of sp³-hybridized carbons (Fsp3) is 0.385. The van der Waals surface area contributed by atoms with E-state index in [2.05, 4.69) is 14.8 Å². The Bertz CT molecular complexity index is 699. The number of esters is 1. The summed E-state index contributed by atoms with van der Waals surface area (Å²) in [5.74, 6) is -1.26. The lowest BCUT2D eigenvalue weighted by atomic mass is 10.0. The van der Waals surface area contributed by atoms with Crippen molar-refractivity contribution in [3.63, 3.8) is 0 Å². The van der Waals surface area contributed by atoms with Gasteiger partial charge in [-0.3, -0.25) is 9.59 Å². The highest BCUT2D eigenvalue weighted by Crippen LogP contribution is 2.33. The number of anilines is 1. The lowest BCUT2D eigenvalue weighted by Gasteiger charge is -2.13. The molecule has 1 aliphatic rings. The van der Waals surface area contributed by atoms with Crippen LogP contribution < -0.4 is 10.0 Å². The lowest BCUT2D eigenvalue weighted by molar-refractivity contribution is -0.142. The fourth-order valence-corrected chi connectivity index (χ4v) is 3.32. The van der Waals surface area contributed by atoms with Crippen molar-refractivity contribution in [1.29, 1.82) is 0 Å². The largest absolute Gasteiger partial charge is 0.468 e. The quantitative estimate of drug-likeness (QED) is 0.792. The van der Waals surface area contributed by atoms with Crippen LogP contribution in [-0.2, 0) is 24.3 Å². The van der Waals surface area contributed by atoms with Gasteiger partial charge in [0.1, 0.15) is 6.04 Å². The number of fused-ring (bicyclic) bond motifs is 1. The van der Waals surface area contributed by atoms with Crippen molar-refractivity contribution in [1.82, 2.24) is 4.72 Å². The van der Waals surface area contributed by atoms with Crippen molar-refractivity contribution in [3.8, 4) is 0 Å². The Kier molecular flexibility index (Phi) is 4.02. The molecule has 114 valence electrons. The number of carbonyl (C=O) groups is 2. The molecule has 8 heteroatoms. The first kappa shape index (κ1) is 15.5. The van der Waals surface area contributed by atoms with Crippen molar-refractivity contribution < 1.29 is 22.7 Å². The minimum atomic E-state index is -3.87. The summed E-state index contributed by atoms with van der Waals surface area (Å²) < 4.78 is 31.2. The molecule has 0 radical (unpaired) electrons. The van der Waals surface area contributed by atoms with Gasteiger partial charge in [-0.15, -0.1) is 0 Å². The third-order valence-corrected chi connectivity index (χ3v) is 4.88. The summed E-state index contributed by atoms with van der Waals surface area (Å²) in [6.07, 6.45) is 0. The van der Waals surface area contributed by atoms with Gasteiger partial charge in [-0.1, -0.05) is 0 Å². The van der Waals surface area contributed by atoms with Gasteiger partial charge in [-0.25, -0.2) is 8.42 Å². The smallest absolute Gasteiger partial charge is 0.323 e. The summed E-state index contributed by atoms with van der Waals surface area (Å²) in [5.41, 5.74) is 1.22. The Morgan fingerprint density at radius 1 is 1.43 bits per heavy atom. The Labute approximate surface area is 122 Å². The molecule has 1 aromatic rings. The van der Waals surface area contributed by atoms with Crippen molar-refractivity contribution >= 4 is 27.6 Å². The standard InChI is InChI=1S/C13H16N2O5S/c1-7-10-6-9(4-5-11(10)14-12(7)16)21(18,19)15-8(2)13(17)20-3/h4-8,15H,1-3H3,(H,14,16). The number of amides is 1. The highest BCUT2D eigenvalue weighted by atomic mass is 32.2. The highest BCUT2D eigenvalue weighted by Gasteiger charge is 2.29. The molecule has 1 amide bonds. The van der Waals surface area contributed by atoms with E-state index in [0.29, 0.717) is 11.3 Å². The van der Waals surface area contributed by atoms with Gasteiger partial charge in [-0.05, 0) is 37.6 Å². The summed E-state index contributed by atoms with van der Waals surface area (Å²) in [5, 5.41) is 2.67. The molecule has 2 unspecified atom stereocenters. The molecule has 7 nitrogen and oxygen atoms in total. The molecule has 0 saturated carbocycles. The minimum Gasteiger partial charge on any atom is -0.468 e. The van der Waals surface area contributed by atoms with E-state index in [0.717, 1.165) is 0 Å². The first-order valence-electron chi connectivity index (χ1n) is 6.31. The maximum absolute atomic E-state index is 12.2. The van der Waals surface area contributed by atoms with Crippen LogP contribution in [0.3, 0.4) is 0 Å². The van der Waals surface area contributed by atoms with E-state index in [9.17, 15) is 18.0 Å². The van der Waals surface area contributed by atoms with Crippen LogP contribution in [0.15, 0.2) is 23.1 Å². The third kappa shape index (κ3) is 2.91. The van der Waals surface area contributed by atoms with Gasteiger partial charge in [0.25, 0.3) is 0 Å². The monoisotopic (exact) mass is 312 g/mol. The van der Waals surface area contributed by atoms with Crippen LogP contribution in [0.1, 0.15) is 25.3 Å². The molecule has 0 fully saturated rings. The van der Waals surface area contributed by atoms with Gasteiger partial charge in [-0.2, -0.15) is 4.72 Å². The maximum atomic E-state index is 12.2. The molecule has 0 aromatic heterocycles. The number of carbonyl (C=O) groups excluding carboxylic acids is 2. The van der Waals surface area contributed by atoms with E-state index in [4.69, 9.17) is 0 Å². The van der Waals surface area contributed by atoms with E-state index in [1.807, 2.05) is 0 Å². The van der Waals surface area contributed by atoms with Crippen LogP contribution in [0, 0.1) is 0 Å². The van der Waals surface area contributed by atoms with Gasteiger partial charge in [0.2, 0.25) is 15.9 Å². The first-order chi connectivity index (χ1) is 9.76. The zero-order valence-electron chi connectivity index (χ0n) is 11.8. The van der Waals surface area contributed by atoms with Gasteiger partial charge in [0.05, 0.1) is 17.9 Å². The average molecular weight is 312 g/mol. The SMILES string of the molecule is COC(=O)C(C)NS(=O)(=O)c1ccc2c(c1)C(C)C(=O)N2. The zero-order valence-corrected chi connectivity index (χ0v) is 12.7. The third-order valence-electron chi connectivity index (χ3n) is 3.34. The molecule has 0 bridgehead atoms. The topological polar surface area (TPSA) is 102 Å². The van der Waals surface area contributed by atoms with E-state index >= 15 is 0 Å². The van der Waals surface area contributed by atoms with Crippen LogP contribution in [0.4, 0.5) is 5.69 Å². The van der Waals surface area contributed by atoms with E-state index in [1.54, 1.807) is 6.92 Å². The van der Waals surface area contributed by atoms with Gasteiger partial charge in [0, 0.05) is 5.69 Å². The Morgan fingerprint density at radius 2 is 2.10 bits per heavy atom. The number of rotatable bonds is 4. The molecule has 0 saturated heterocycles.